The molecule has 1 fully saturated rings. The van der Waals surface area contributed by atoms with Crippen molar-refractivity contribution in [3.05, 3.63) is 82.3 Å². The molecule has 0 radical (unpaired) electrons. The Morgan fingerprint density at radius 1 is 1.10 bits per heavy atom. The number of rotatable bonds is 9. The van der Waals surface area contributed by atoms with E-state index in [0.717, 1.165) is 11.4 Å². The number of nitrogens with zero attached hydrogens (tertiary/aromatic N) is 1. The van der Waals surface area contributed by atoms with Gasteiger partial charge in [0.05, 0.1) is 25.8 Å². The van der Waals surface area contributed by atoms with Gasteiger partial charge in [0.25, 0.3) is 5.56 Å². The maximum Gasteiger partial charge on any atom is 0.335 e. The Morgan fingerprint density at radius 2 is 1.84 bits per heavy atom. The molecule has 3 aromatic rings. The summed E-state index contributed by atoms with van der Waals surface area (Å²) in [6.07, 6.45) is 3.96. The second-order valence-corrected chi connectivity index (χ2v) is 7.55. The highest BCUT2D eigenvalue weighted by molar-refractivity contribution is 5.88. The molecule has 0 amide bonds. The number of ether oxygens (including phenoxy) is 2. The molecule has 0 unspecified atom stereocenters. The zero-order chi connectivity index (χ0) is 21.8. The third-order valence-corrected chi connectivity index (χ3v) is 5.28. The van der Waals surface area contributed by atoms with Gasteiger partial charge in [0.15, 0.2) is 11.5 Å². The van der Waals surface area contributed by atoms with Crippen LogP contribution in [0.2, 0.25) is 0 Å². The first kappa shape index (κ1) is 20.5. The van der Waals surface area contributed by atoms with Gasteiger partial charge in [-0.15, -0.1) is 0 Å². The molecule has 31 heavy (non-hydrogen) atoms. The van der Waals surface area contributed by atoms with E-state index in [9.17, 15) is 14.7 Å². The first-order chi connectivity index (χ1) is 15.0. The maximum absolute atomic E-state index is 12.3. The molecule has 160 valence electrons. The van der Waals surface area contributed by atoms with Gasteiger partial charge in [-0.25, -0.2) is 4.79 Å². The third-order valence-electron chi connectivity index (χ3n) is 5.28. The first-order valence-electron chi connectivity index (χ1n) is 10.1. The number of hydrogen-bond acceptors (Lipinski definition) is 5. The molecule has 0 atom stereocenters. The zero-order valence-corrected chi connectivity index (χ0v) is 17.2. The lowest BCUT2D eigenvalue weighted by molar-refractivity contribution is 0.0697. The van der Waals surface area contributed by atoms with E-state index >= 15 is 0 Å². The van der Waals surface area contributed by atoms with Crippen LogP contribution in [0.15, 0.2) is 65.6 Å². The van der Waals surface area contributed by atoms with Crippen LogP contribution in [0.5, 0.6) is 11.5 Å². The van der Waals surface area contributed by atoms with Gasteiger partial charge in [-0.3, -0.25) is 4.79 Å². The normalized spacial score (nSPS) is 12.9. The number of hydrogen-bond donors (Lipinski definition) is 2. The second kappa shape index (κ2) is 8.95. The summed E-state index contributed by atoms with van der Waals surface area (Å²) in [5.74, 6) is 0.887. The van der Waals surface area contributed by atoms with Crippen LogP contribution in [0.1, 0.15) is 28.8 Å². The molecule has 1 heterocycles. The fraction of sp³-hybridized carbons (Fsp3) is 0.250. The summed E-state index contributed by atoms with van der Waals surface area (Å²) in [7, 11) is 1.60. The lowest BCUT2D eigenvalue weighted by Gasteiger charge is -2.26. The quantitative estimate of drug-likeness (QED) is 0.539. The van der Waals surface area contributed by atoms with E-state index < -0.39 is 5.97 Å². The lowest BCUT2D eigenvalue weighted by atomic mass is 10.1. The molecule has 0 spiro atoms. The summed E-state index contributed by atoms with van der Waals surface area (Å²) < 4.78 is 11.5. The molecule has 0 aliphatic heterocycles. The Balaban J connectivity index is 1.72. The van der Waals surface area contributed by atoms with Crippen molar-refractivity contribution in [3.63, 3.8) is 0 Å². The molecule has 7 heteroatoms. The van der Waals surface area contributed by atoms with Crippen molar-refractivity contribution < 1.29 is 19.4 Å². The Morgan fingerprint density at radius 3 is 2.48 bits per heavy atom. The molecule has 0 saturated heterocycles. The van der Waals surface area contributed by atoms with Crippen LogP contribution in [0.25, 0.3) is 0 Å². The van der Waals surface area contributed by atoms with E-state index in [-0.39, 0.29) is 11.1 Å². The van der Waals surface area contributed by atoms with Crippen molar-refractivity contribution >= 4 is 17.3 Å². The minimum absolute atomic E-state index is 0.173. The number of aromatic carboxylic acids is 1. The van der Waals surface area contributed by atoms with E-state index in [1.807, 2.05) is 23.1 Å². The van der Waals surface area contributed by atoms with Gasteiger partial charge in [0.1, 0.15) is 0 Å². The van der Waals surface area contributed by atoms with Crippen molar-refractivity contribution in [1.82, 2.24) is 4.98 Å². The standard InChI is InChI=1S/C24H24N2O5/c1-30-21-11-10-20(13-22(21)31-15-16-4-5-16)26(14-18-3-2-12-25-23(18)27)19-8-6-17(7-9-19)24(28)29/h2-3,6-13,16H,4-5,14-15H2,1H3,(H,25,27)(H,28,29). The van der Waals surface area contributed by atoms with Crippen molar-refractivity contribution in [2.75, 3.05) is 18.6 Å². The predicted molar refractivity (Wildman–Crippen MR) is 118 cm³/mol. The second-order valence-electron chi connectivity index (χ2n) is 7.55. The van der Waals surface area contributed by atoms with Crippen LogP contribution in [-0.2, 0) is 6.54 Å². The zero-order valence-electron chi connectivity index (χ0n) is 17.2. The molecular formula is C24H24N2O5. The van der Waals surface area contributed by atoms with Gasteiger partial charge in [-0.1, -0.05) is 6.07 Å². The Bertz CT molecular complexity index is 1120. The molecule has 4 rings (SSSR count). The number of nitrogens with one attached hydrogen (secondary N) is 1. The summed E-state index contributed by atoms with van der Waals surface area (Å²) in [5.41, 5.74) is 2.17. The molecule has 0 bridgehead atoms. The summed E-state index contributed by atoms with van der Waals surface area (Å²) in [6, 6.07) is 15.7. The Kier molecular flexibility index (Phi) is 5.93. The number of H-pyrrole nitrogens is 1. The number of aromatic nitrogens is 1. The number of anilines is 2. The van der Waals surface area contributed by atoms with Crippen molar-refractivity contribution in [1.29, 1.82) is 0 Å². The number of benzene rings is 2. The third kappa shape index (κ3) is 4.88. The number of carboxylic acids is 1. The van der Waals surface area contributed by atoms with Crippen molar-refractivity contribution in [2.24, 2.45) is 5.92 Å². The van der Waals surface area contributed by atoms with Crippen LogP contribution in [0.3, 0.4) is 0 Å². The van der Waals surface area contributed by atoms with Crippen LogP contribution in [0, 0.1) is 5.92 Å². The summed E-state index contributed by atoms with van der Waals surface area (Å²) in [6.45, 7) is 0.947. The molecule has 1 aliphatic carbocycles. The predicted octanol–water partition coefficient (Wildman–Crippen LogP) is 4.21. The fourth-order valence-corrected chi connectivity index (χ4v) is 3.31. The smallest absolute Gasteiger partial charge is 0.335 e. The van der Waals surface area contributed by atoms with E-state index in [1.165, 1.54) is 12.8 Å². The van der Waals surface area contributed by atoms with E-state index in [2.05, 4.69) is 4.98 Å². The largest absolute Gasteiger partial charge is 0.493 e. The minimum atomic E-state index is -0.988. The monoisotopic (exact) mass is 420 g/mol. The average Bonchev–Trinajstić information content (AvgIpc) is 3.62. The molecule has 2 N–H and O–H groups in total. The van der Waals surface area contributed by atoms with Crippen LogP contribution in [-0.4, -0.2) is 29.8 Å². The van der Waals surface area contributed by atoms with E-state index in [0.29, 0.717) is 36.1 Å². The van der Waals surface area contributed by atoms with Crippen molar-refractivity contribution in [2.45, 2.75) is 19.4 Å². The average molecular weight is 420 g/mol. The van der Waals surface area contributed by atoms with E-state index in [4.69, 9.17) is 9.47 Å². The molecule has 2 aromatic carbocycles. The number of aromatic amines is 1. The van der Waals surface area contributed by atoms with Gasteiger partial charge in [-0.2, -0.15) is 0 Å². The summed E-state index contributed by atoms with van der Waals surface area (Å²) in [4.78, 5) is 28.2. The molecule has 7 nitrogen and oxygen atoms in total. The summed E-state index contributed by atoms with van der Waals surface area (Å²) in [5, 5.41) is 9.22. The van der Waals surface area contributed by atoms with Gasteiger partial charge in [0.2, 0.25) is 0 Å². The fourth-order valence-electron chi connectivity index (χ4n) is 3.31. The molecule has 1 aliphatic rings. The first-order valence-corrected chi connectivity index (χ1v) is 10.1. The van der Waals surface area contributed by atoms with Crippen LogP contribution >= 0.6 is 0 Å². The van der Waals surface area contributed by atoms with E-state index in [1.54, 1.807) is 49.7 Å². The Hall–Kier alpha value is -3.74. The SMILES string of the molecule is COc1ccc(N(Cc2ccc[nH]c2=O)c2ccc(C(=O)O)cc2)cc1OCC1CC1. The highest BCUT2D eigenvalue weighted by Crippen LogP contribution is 2.37. The van der Waals surface area contributed by atoms with Gasteiger partial charge in [-0.05, 0) is 61.2 Å². The topological polar surface area (TPSA) is 91.9 Å². The van der Waals surface area contributed by atoms with Crippen LogP contribution < -0.4 is 19.9 Å². The van der Waals surface area contributed by atoms with Crippen LogP contribution in [0.4, 0.5) is 11.4 Å². The minimum Gasteiger partial charge on any atom is -0.493 e. The molecule has 1 saturated carbocycles. The highest BCUT2D eigenvalue weighted by atomic mass is 16.5. The van der Waals surface area contributed by atoms with Gasteiger partial charge in [0, 0.05) is 29.2 Å². The van der Waals surface area contributed by atoms with Gasteiger partial charge < -0.3 is 24.5 Å². The Labute approximate surface area is 179 Å². The van der Waals surface area contributed by atoms with Crippen molar-refractivity contribution in [3.8, 4) is 11.5 Å². The number of carboxylic acid groups (broad SMARTS) is 1. The number of carbonyl (C=O) groups is 1. The maximum atomic E-state index is 12.3. The molecule has 1 aromatic heterocycles. The van der Waals surface area contributed by atoms with Gasteiger partial charge >= 0.3 is 5.97 Å². The number of methoxy groups -OCH3 is 1. The number of pyridine rings is 1. The lowest BCUT2D eigenvalue weighted by Crippen LogP contribution is -2.22. The highest BCUT2D eigenvalue weighted by Gasteiger charge is 2.23. The summed E-state index contributed by atoms with van der Waals surface area (Å²) >= 11 is 0. The molecular weight excluding hydrogens is 396 g/mol.